The Hall–Kier alpha value is -2.27. The lowest BCUT2D eigenvalue weighted by molar-refractivity contribution is 0.415. The molecule has 0 aliphatic heterocycles. The molecule has 0 unspecified atom stereocenters. The molecular weight excluding hydrogens is 329 g/mol. The molecular formula is C18H21ClFN3O. The number of methoxy groups -OCH3 is 1. The smallest absolute Gasteiger partial charge is 0.193 e. The van der Waals surface area contributed by atoms with Crippen LogP contribution in [-0.2, 0) is 5.41 Å². The average Bonchev–Trinajstić information content (AvgIpc) is 2.53. The van der Waals surface area contributed by atoms with E-state index in [0.717, 1.165) is 17.0 Å². The van der Waals surface area contributed by atoms with Crippen molar-refractivity contribution < 1.29 is 9.13 Å². The topological polar surface area (TPSA) is 59.6 Å². The Bertz CT molecular complexity index is 730. The van der Waals surface area contributed by atoms with Crippen LogP contribution in [-0.4, -0.2) is 19.6 Å². The molecule has 0 radical (unpaired) electrons. The van der Waals surface area contributed by atoms with Crippen molar-refractivity contribution >= 4 is 23.2 Å². The SMILES string of the molecule is COc1ccc(NC(N)=NCC(C)(C)c2ccc(F)cc2Cl)cc1. The summed E-state index contributed by atoms with van der Waals surface area (Å²) in [5.74, 6) is 0.707. The monoisotopic (exact) mass is 349 g/mol. The molecule has 0 bridgehead atoms. The minimum absolute atomic E-state index is 0.298. The third kappa shape index (κ3) is 4.61. The van der Waals surface area contributed by atoms with E-state index < -0.39 is 0 Å². The molecule has 0 aliphatic rings. The lowest BCUT2D eigenvalue weighted by Gasteiger charge is -2.24. The molecule has 2 aromatic carbocycles. The fraction of sp³-hybridized carbons (Fsp3) is 0.278. The van der Waals surface area contributed by atoms with Gasteiger partial charge in [-0.2, -0.15) is 0 Å². The highest BCUT2D eigenvalue weighted by Gasteiger charge is 2.23. The quantitative estimate of drug-likeness (QED) is 0.628. The molecule has 128 valence electrons. The van der Waals surface area contributed by atoms with Crippen LogP contribution >= 0.6 is 11.6 Å². The standard InChI is InChI=1S/C18H21ClFN3O/c1-18(2,15-9-4-12(20)10-16(15)19)11-22-17(21)23-13-5-7-14(24-3)8-6-13/h4-10H,11H2,1-3H3,(H3,21,22,23). The highest BCUT2D eigenvalue weighted by Crippen LogP contribution is 2.30. The highest BCUT2D eigenvalue weighted by molar-refractivity contribution is 6.31. The summed E-state index contributed by atoms with van der Waals surface area (Å²) in [6, 6.07) is 11.7. The molecule has 0 atom stereocenters. The summed E-state index contributed by atoms with van der Waals surface area (Å²) >= 11 is 6.14. The van der Waals surface area contributed by atoms with E-state index in [0.29, 0.717) is 17.5 Å². The number of anilines is 1. The van der Waals surface area contributed by atoms with Gasteiger partial charge in [-0.05, 0) is 42.0 Å². The second kappa shape index (κ2) is 7.53. The number of rotatable bonds is 5. The van der Waals surface area contributed by atoms with Gasteiger partial charge in [-0.25, -0.2) is 4.39 Å². The highest BCUT2D eigenvalue weighted by atomic mass is 35.5. The van der Waals surface area contributed by atoms with Gasteiger partial charge in [0.25, 0.3) is 0 Å². The molecule has 4 nitrogen and oxygen atoms in total. The van der Waals surface area contributed by atoms with E-state index in [-0.39, 0.29) is 11.2 Å². The summed E-state index contributed by atoms with van der Waals surface area (Å²) in [6.45, 7) is 4.37. The fourth-order valence-electron chi connectivity index (χ4n) is 2.27. The molecule has 3 N–H and O–H groups in total. The number of guanidine groups is 1. The maximum absolute atomic E-state index is 13.2. The van der Waals surface area contributed by atoms with Crippen LogP contribution in [0.3, 0.4) is 0 Å². The molecule has 0 saturated carbocycles. The van der Waals surface area contributed by atoms with Crippen molar-refractivity contribution in [2.75, 3.05) is 19.0 Å². The van der Waals surface area contributed by atoms with E-state index in [1.54, 1.807) is 13.2 Å². The summed E-state index contributed by atoms with van der Waals surface area (Å²) < 4.78 is 18.3. The molecule has 0 amide bonds. The Morgan fingerprint density at radius 1 is 1.25 bits per heavy atom. The number of aliphatic imine (C=N–C) groups is 1. The van der Waals surface area contributed by atoms with E-state index in [1.165, 1.54) is 12.1 Å². The average molecular weight is 350 g/mol. The van der Waals surface area contributed by atoms with E-state index in [4.69, 9.17) is 22.1 Å². The van der Waals surface area contributed by atoms with Crippen molar-refractivity contribution in [3.63, 3.8) is 0 Å². The van der Waals surface area contributed by atoms with Crippen LogP contribution in [0.5, 0.6) is 5.75 Å². The maximum Gasteiger partial charge on any atom is 0.193 e. The lowest BCUT2D eigenvalue weighted by Crippen LogP contribution is -2.28. The van der Waals surface area contributed by atoms with Crippen LogP contribution in [0.4, 0.5) is 10.1 Å². The molecule has 0 aliphatic carbocycles. The van der Waals surface area contributed by atoms with Crippen molar-refractivity contribution in [3.05, 3.63) is 58.9 Å². The van der Waals surface area contributed by atoms with E-state index in [1.807, 2.05) is 38.1 Å². The molecule has 0 aromatic heterocycles. The van der Waals surface area contributed by atoms with Crippen LogP contribution in [0.1, 0.15) is 19.4 Å². The largest absolute Gasteiger partial charge is 0.497 e. The van der Waals surface area contributed by atoms with Gasteiger partial charge in [-0.3, -0.25) is 4.99 Å². The van der Waals surface area contributed by atoms with Crippen LogP contribution in [0.25, 0.3) is 0 Å². The molecule has 0 heterocycles. The van der Waals surface area contributed by atoms with Crippen LogP contribution in [0.15, 0.2) is 47.5 Å². The normalized spacial score (nSPS) is 12.1. The van der Waals surface area contributed by atoms with Gasteiger partial charge in [0.2, 0.25) is 0 Å². The van der Waals surface area contributed by atoms with Crippen molar-refractivity contribution in [2.45, 2.75) is 19.3 Å². The van der Waals surface area contributed by atoms with Gasteiger partial charge < -0.3 is 15.8 Å². The Kier molecular flexibility index (Phi) is 5.67. The first kappa shape index (κ1) is 18.1. The second-order valence-electron chi connectivity index (χ2n) is 6.06. The lowest BCUT2D eigenvalue weighted by atomic mass is 9.84. The first-order valence-corrected chi connectivity index (χ1v) is 7.86. The van der Waals surface area contributed by atoms with E-state index in [2.05, 4.69) is 10.3 Å². The molecule has 24 heavy (non-hydrogen) atoms. The molecule has 0 fully saturated rings. The molecule has 0 spiro atoms. The number of hydrogen-bond donors (Lipinski definition) is 2. The van der Waals surface area contributed by atoms with Crippen molar-refractivity contribution in [1.29, 1.82) is 0 Å². The zero-order valence-corrected chi connectivity index (χ0v) is 14.7. The molecule has 2 rings (SSSR count). The second-order valence-corrected chi connectivity index (χ2v) is 6.47. The van der Waals surface area contributed by atoms with E-state index in [9.17, 15) is 4.39 Å². The zero-order chi connectivity index (χ0) is 17.7. The maximum atomic E-state index is 13.2. The summed E-state index contributed by atoms with van der Waals surface area (Å²) in [6.07, 6.45) is 0. The number of nitrogens with two attached hydrogens (primary N) is 1. The van der Waals surface area contributed by atoms with Crippen LogP contribution < -0.4 is 15.8 Å². The Balaban J connectivity index is 2.06. The summed E-state index contributed by atoms with van der Waals surface area (Å²) in [5.41, 5.74) is 7.20. The van der Waals surface area contributed by atoms with Crippen LogP contribution in [0, 0.1) is 5.82 Å². The number of ether oxygens (including phenoxy) is 1. The predicted octanol–water partition coefficient (Wildman–Crippen LogP) is 4.19. The molecule has 2 aromatic rings. The number of hydrogen-bond acceptors (Lipinski definition) is 2. The molecule has 0 saturated heterocycles. The molecule has 6 heteroatoms. The minimum Gasteiger partial charge on any atom is -0.497 e. The first-order chi connectivity index (χ1) is 11.3. The summed E-state index contributed by atoms with van der Waals surface area (Å²) in [7, 11) is 1.61. The zero-order valence-electron chi connectivity index (χ0n) is 13.9. The van der Waals surface area contributed by atoms with Gasteiger partial charge in [0, 0.05) is 16.1 Å². The Morgan fingerprint density at radius 3 is 2.50 bits per heavy atom. The van der Waals surface area contributed by atoms with Crippen molar-refractivity contribution in [2.24, 2.45) is 10.7 Å². The number of nitrogens with zero attached hydrogens (tertiary/aromatic N) is 1. The number of halogens is 2. The first-order valence-electron chi connectivity index (χ1n) is 7.48. The van der Waals surface area contributed by atoms with Gasteiger partial charge in [-0.1, -0.05) is 31.5 Å². The van der Waals surface area contributed by atoms with Gasteiger partial charge in [0.15, 0.2) is 5.96 Å². The summed E-state index contributed by atoms with van der Waals surface area (Å²) in [4.78, 5) is 4.37. The van der Waals surface area contributed by atoms with Gasteiger partial charge in [0.05, 0.1) is 13.7 Å². The van der Waals surface area contributed by atoms with Gasteiger partial charge in [-0.15, -0.1) is 0 Å². The van der Waals surface area contributed by atoms with Crippen LogP contribution in [0.2, 0.25) is 5.02 Å². The van der Waals surface area contributed by atoms with Gasteiger partial charge >= 0.3 is 0 Å². The number of benzene rings is 2. The number of nitrogens with one attached hydrogen (secondary N) is 1. The summed E-state index contributed by atoms with van der Waals surface area (Å²) in [5, 5.41) is 3.41. The van der Waals surface area contributed by atoms with Gasteiger partial charge in [0.1, 0.15) is 11.6 Å². The van der Waals surface area contributed by atoms with E-state index >= 15 is 0 Å². The predicted molar refractivity (Wildman–Crippen MR) is 97.5 cm³/mol. The Labute approximate surface area is 146 Å². The van der Waals surface area contributed by atoms with Crippen molar-refractivity contribution in [1.82, 2.24) is 0 Å². The fourth-order valence-corrected chi connectivity index (χ4v) is 2.69. The third-order valence-corrected chi connectivity index (χ3v) is 3.98. The minimum atomic E-state index is -0.378. The third-order valence-electron chi connectivity index (χ3n) is 3.67. The van der Waals surface area contributed by atoms with Crippen molar-refractivity contribution in [3.8, 4) is 5.75 Å². The Morgan fingerprint density at radius 2 is 1.92 bits per heavy atom.